The Balaban J connectivity index is 0.00000216. The Kier molecular flexibility index (Phi) is 10.6. The molecule has 1 aliphatic rings. The molecule has 1 saturated heterocycles. The Bertz CT molecular complexity index is 1710. The van der Waals surface area contributed by atoms with Crippen LogP contribution in [0.4, 0.5) is 30.4 Å². The highest BCUT2D eigenvalue weighted by Gasteiger charge is 2.28. The van der Waals surface area contributed by atoms with E-state index < -0.39 is 29.3 Å². The molecule has 44 heavy (non-hydrogen) atoms. The summed E-state index contributed by atoms with van der Waals surface area (Å²) in [7, 11) is 0.631. The van der Waals surface area contributed by atoms with Gasteiger partial charge in [-0.05, 0) is 43.2 Å². The summed E-state index contributed by atoms with van der Waals surface area (Å²) >= 11 is 0. The average Bonchev–Trinajstić information content (AvgIpc) is 3.04. The molecule has 1 aliphatic heterocycles. The molecule has 1 N–H and O–H groups in total. The number of aryl methyl sites for hydroxylation is 3. The molecule has 0 amide bonds. The number of pyridine rings is 2. The summed E-state index contributed by atoms with van der Waals surface area (Å²) in [5.41, 5.74) is 2.63. The van der Waals surface area contributed by atoms with E-state index in [9.17, 15) is 17.8 Å². The third-order valence-electron chi connectivity index (χ3n) is 7.67. The largest absolute Gasteiger partial charge is 0.373 e. The van der Waals surface area contributed by atoms with Crippen LogP contribution in [0.25, 0.3) is 10.8 Å². The van der Waals surface area contributed by atoms with Crippen molar-refractivity contribution in [3.63, 3.8) is 0 Å². The first kappa shape index (κ1) is 32.9. The standard InChI is InChI=1S/C30H35F2N7O2S.CH3F/c1-6-25-33-16-20(17-34-25)38-9-11-39(12-10-38)29-27(32)26-21(13-18(2)14-22(26)30(40)37(29)4)24(15-31)36-23-8-7-19(3)35-28(23)42(5)41;1-2/h7-8,13-14,16-17,24,36H,6,9-12,15H2,1-5H3;1H3. The SMILES string of the molecule is CCc1ncc(N2CCN(c3c(F)c4c(C(CF)Nc5ccc(C)nc5S(C)=O)cc(C)cc4c(=O)n3C)CC2)cn1.CF. The van der Waals surface area contributed by atoms with Gasteiger partial charge in [-0.15, -0.1) is 0 Å². The van der Waals surface area contributed by atoms with E-state index in [0.717, 1.165) is 17.9 Å². The van der Waals surface area contributed by atoms with Crippen LogP contribution in [0.1, 0.15) is 35.6 Å². The Morgan fingerprint density at radius 1 is 1.05 bits per heavy atom. The molecule has 3 aromatic heterocycles. The first-order valence-corrected chi connectivity index (χ1v) is 15.8. The number of anilines is 3. The van der Waals surface area contributed by atoms with Crippen molar-refractivity contribution in [3.8, 4) is 0 Å². The van der Waals surface area contributed by atoms with Gasteiger partial charge in [-0.3, -0.25) is 18.0 Å². The molecule has 2 unspecified atom stereocenters. The van der Waals surface area contributed by atoms with Crippen molar-refractivity contribution in [1.29, 1.82) is 0 Å². The number of hydrogen-bond donors (Lipinski definition) is 1. The normalized spacial score (nSPS) is 14.7. The molecule has 0 bridgehead atoms. The zero-order valence-corrected chi connectivity index (χ0v) is 26.6. The van der Waals surface area contributed by atoms with E-state index in [2.05, 4.69) is 25.2 Å². The van der Waals surface area contributed by atoms with E-state index in [-0.39, 0.29) is 27.2 Å². The fourth-order valence-corrected chi connectivity index (χ4v) is 6.22. The lowest BCUT2D eigenvalue weighted by atomic mass is 9.96. The van der Waals surface area contributed by atoms with Gasteiger partial charge in [0, 0.05) is 57.0 Å². The van der Waals surface area contributed by atoms with E-state index in [4.69, 9.17) is 0 Å². The van der Waals surface area contributed by atoms with Crippen molar-refractivity contribution < 1.29 is 17.4 Å². The minimum atomic E-state index is -1.44. The number of aromatic nitrogens is 4. The summed E-state index contributed by atoms with van der Waals surface area (Å²) in [5.74, 6) is 0.364. The lowest BCUT2D eigenvalue weighted by Gasteiger charge is -2.38. The van der Waals surface area contributed by atoms with E-state index in [0.29, 0.717) is 55.9 Å². The number of halogens is 3. The number of benzene rings is 1. The van der Waals surface area contributed by atoms with Crippen LogP contribution in [0.5, 0.6) is 0 Å². The fourth-order valence-electron chi connectivity index (χ4n) is 5.51. The van der Waals surface area contributed by atoms with Gasteiger partial charge >= 0.3 is 0 Å². The molecule has 9 nitrogen and oxygen atoms in total. The first-order chi connectivity index (χ1) is 21.1. The second kappa shape index (κ2) is 14.2. The number of nitrogens with one attached hydrogen (secondary N) is 1. The van der Waals surface area contributed by atoms with Crippen molar-refractivity contribution in [2.75, 3.05) is 61.4 Å². The minimum absolute atomic E-state index is 0.0825. The Morgan fingerprint density at radius 2 is 1.68 bits per heavy atom. The molecular weight excluding hydrogens is 591 g/mol. The molecule has 1 fully saturated rings. The van der Waals surface area contributed by atoms with Crippen molar-refractivity contribution in [2.45, 2.75) is 38.3 Å². The molecule has 236 valence electrons. The van der Waals surface area contributed by atoms with Gasteiger partial charge in [0.2, 0.25) is 0 Å². The molecule has 0 saturated carbocycles. The maximum atomic E-state index is 16.6. The van der Waals surface area contributed by atoms with Gasteiger partial charge in [-0.25, -0.2) is 23.7 Å². The van der Waals surface area contributed by atoms with Crippen molar-refractivity contribution in [2.24, 2.45) is 7.05 Å². The summed E-state index contributed by atoms with van der Waals surface area (Å²) in [6.45, 7) is 6.81. The quantitative estimate of drug-likeness (QED) is 0.297. The summed E-state index contributed by atoms with van der Waals surface area (Å²) in [6, 6.07) is 5.77. The lowest BCUT2D eigenvalue weighted by Crippen LogP contribution is -2.48. The average molecular weight is 630 g/mol. The maximum absolute atomic E-state index is 16.6. The predicted octanol–water partition coefficient (Wildman–Crippen LogP) is 4.81. The van der Waals surface area contributed by atoms with E-state index >= 15 is 4.39 Å². The summed E-state index contributed by atoms with van der Waals surface area (Å²) in [5, 5.41) is 3.65. The van der Waals surface area contributed by atoms with Crippen LogP contribution in [-0.2, 0) is 24.3 Å². The van der Waals surface area contributed by atoms with Crippen LogP contribution in [0.2, 0.25) is 0 Å². The molecular formula is C31H38F3N7O2S. The van der Waals surface area contributed by atoms with Crippen LogP contribution in [0.3, 0.4) is 0 Å². The highest BCUT2D eigenvalue weighted by molar-refractivity contribution is 7.84. The predicted molar refractivity (Wildman–Crippen MR) is 170 cm³/mol. The number of piperazine rings is 1. The molecule has 1 aromatic carbocycles. The second-order valence-electron chi connectivity index (χ2n) is 10.6. The van der Waals surface area contributed by atoms with Gasteiger partial charge in [0.15, 0.2) is 5.82 Å². The molecule has 0 spiro atoms. The second-order valence-corrected chi connectivity index (χ2v) is 11.9. The molecule has 2 atom stereocenters. The van der Waals surface area contributed by atoms with Gasteiger partial charge in [-0.1, -0.05) is 13.0 Å². The Hall–Kier alpha value is -4.00. The van der Waals surface area contributed by atoms with Crippen LogP contribution in [-0.4, -0.2) is 70.0 Å². The molecule has 0 aliphatic carbocycles. The summed E-state index contributed by atoms with van der Waals surface area (Å²) in [6.07, 6.45) is 5.86. The fraction of sp³-hybridized carbons (Fsp3) is 0.419. The van der Waals surface area contributed by atoms with E-state index in [1.807, 2.05) is 11.8 Å². The van der Waals surface area contributed by atoms with E-state index in [1.54, 1.807) is 57.6 Å². The molecule has 13 heteroatoms. The lowest BCUT2D eigenvalue weighted by molar-refractivity contribution is 0.453. The number of rotatable bonds is 8. The van der Waals surface area contributed by atoms with Crippen LogP contribution in [0, 0.1) is 19.7 Å². The van der Waals surface area contributed by atoms with Crippen LogP contribution < -0.4 is 20.7 Å². The monoisotopic (exact) mass is 629 g/mol. The van der Waals surface area contributed by atoms with Gasteiger partial charge in [0.25, 0.3) is 5.56 Å². The molecule has 0 radical (unpaired) electrons. The zero-order valence-electron chi connectivity index (χ0n) is 25.8. The van der Waals surface area contributed by atoms with Crippen molar-refractivity contribution in [3.05, 3.63) is 75.5 Å². The third-order valence-corrected chi connectivity index (χ3v) is 8.52. The minimum Gasteiger partial charge on any atom is -0.373 e. The molecule has 4 heterocycles. The van der Waals surface area contributed by atoms with Crippen molar-refractivity contribution >= 4 is 38.8 Å². The number of fused-ring (bicyclic) bond motifs is 1. The maximum Gasteiger partial charge on any atom is 0.259 e. The van der Waals surface area contributed by atoms with Gasteiger partial charge < -0.3 is 15.1 Å². The summed E-state index contributed by atoms with van der Waals surface area (Å²) < 4.78 is 54.6. The highest BCUT2D eigenvalue weighted by atomic mass is 32.2. The number of alkyl halides is 2. The van der Waals surface area contributed by atoms with Crippen LogP contribution >= 0.6 is 0 Å². The number of nitrogens with zero attached hydrogens (tertiary/aromatic N) is 6. The molecule has 5 rings (SSSR count). The summed E-state index contributed by atoms with van der Waals surface area (Å²) in [4.78, 5) is 30.7. The Morgan fingerprint density at radius 3 is 2.27 bits per heavy atom. The van der Waals surface area contributed by atoms with Crippen LogP contribution in [0.15, 0.2) is 46.5 Å². The Labute approximate surface area is 257 Å². The first-order valence-electron chi connectivity index (χ1n) is 14.3. The molecule has 4 aromatic rings. The van der Waals surface area contributed by atoms with Gasteiger partial charge in [-0.2, -0.15) is 0 Å². The number of hydrogen-bond acceptors (Lipinski definition) is 8. The van der Waals surface area contributed by atoms with E-state index in [1.165, 1.54) is 10.8 Å². The topological polar surface area (TPSA) is 96.3 Å². The van der Waals surface area contributed by atoms with Crippen molar-refractivity contribution in [1.82, 2.24) is 19.5 Å². The zero-order chi connectivity index (χ0) is 32.1. The van der Waals surface area contributed by atoms with Gasteiger partial charge in [0.05, 0.1) is 53.2 Å². The smallest absolute Gasteiger partial charge is 0.259 e. The third kappa shape index (κ3) is 6.57. The highest BCUT2D eigenvalue weighted by Crippen LogP contribution is 2.34. The van der Waals surface area contributed by atoms with Gasteiger partial charge in [0.1, 0.15) is 23.3 Å².